The number of para-hydroxylation sites is 2. The quantitative estimate of drug-likeness (QED) is 0.141. The van der Waals surface area contributed by atoms with Crippen molar-refractivity contribution < 1.29 is 9.22 Å². The van der Waals surface area contributed by atoms with E-state index in [1.165, 1.54) is 5.56 Å². The van der Waals surface area contributed by atoms with Gasteiger partial charge in [0.1, 0.15) is 11.6 Å². The Bertz CT molecular complexity index is 3510. The molecule has 0 bridgehead atoms. The van der Waals surface area contributed by atoms with E-state index in [4.69, 9.17) is 14.1 Å². The maximum absolute atomic E-state index is 12.3. The first-order valence-electron chi connectivity index (χ1n) is 24.7. The van der Waals surface area contributed by atoms with Crippen LogP contribution < -0.4 is 0 Å². The van der Waals surface area contributed by atoms with Crippen LogP contribution in [-0.2, 0) is 0 Å². The summed E-state index contributed by atoms with van der Waals surface area (Å²) < 4.78 is 28.7. The van der Waals surface area contributed by atoms with Crippen molar-refractivity contribution in [3.8, 4) is 78.6 Å². The molecular formula is C63H55N3O. The van der Waals surface area contributed by atoms with Crippen molar-refractivity contribution in [3.63, 3.8) is 0 Å². The maximum Gasteiger partial charge on any atom is 0.149 e. The SMILES string of the molecule is [2H]C([2H])([2H])c1cc(-c2cc(-c3ccccc3)cc(-c3cccc4c3nc(-c3cc(C(C)C)cc(C(C)C)c3O)n4-c3ccccc3-c3ccccc3)c2)ncc1-c1cccc(C(C)c2ccccc2)c1. The molecule has 0 aliphatic carbocycles. The summed E-state index contributed by atoms with van der Waals surface area (Å²) in [7, 11) is 0. The number of aromatic hydroxyl groups is 1. The molecule has 0 radical (unpaired) electrons. The van der Waals surface area contributed by atoms with Crippen LogP contribution in [0.15, 0.2) is 200 Å². The van der Waals surface area contributed by atoms with E-state index in [9.17, 15) is 5.11 Å². The van der Waals surface area contributed by atoms with E-state index in [1.54, 1.807) is 12.3 Å². The minimum Gasteiger partial charge on any atom is -0.507 e. The number of benzene rings is 8. The number of pyridine rings is 1. The second kappa shape index (κ2) is 18.2. The molecule has 0 fully saturated rings. The van der Waals surface area contributed by atoms with E-state index < -0.39 is 6.85 Å². The largest absolute Gasteiger partial charge is 0.507 e. The second-order valence-corrected chi connectivity index (χ2v) is 18.2. The van der Waals surface area contributed by atoms with Gasteiger partial charge in [-0.25, -0.2) is 4.98 Å². The Hall–Kier alpha value is -7.82. The van der Waals surface area contributed by atoms with Crippen molar-refractivity contribution in [2.75, 3.05) is 0 Å². The van der Waals surface area contributed by atoms with Gasteiger partial charge in [-0.15, -0.1) is 0 Å². The maximum atomic E-state index is 12.3. The number of aryl methyl sites for hydroxylation is 1. The van der Waals surface area contributed by atoms with Crippen molar-refractivity contribution in [3.05, 3.63) is 228 Å². The zero-order valence-electron chi connectivity index (χ0n) is 41.6. The van der Waals surface area contributed by atoms with Crippen LogP contribution in [0.3, 0.4) is 0 Å². The van der Waals surface area contributed by atoms with E-state index in [2.05, 4.69) is 173 Å². The molecule has 1 unspecified atom stereocenters. The molecule has 0 aliphatic rings. The summed E-state index contributed by atoms with van der Waals surface area (Å²) in [6.07, 6.45) is 1.72. The topological polar surface area (TPSA) is 50.9 Å². The van der Waals surface area contributed by atoms with Crippen LogP contribution in [0.1, 0.15) is 84.3 Å². The summed E-state index contributed by atoms with van der Waals surface area (Å²) in [4.78, 5) is 10.6. The van der Waals surface area contributed by atoms with E-state index in [1.807, 2.05) is 54.6 Å². The van der Waals surface area contributed by atoms with Crippen LogP contribution in [0, 0.1) is 6.85 Å². The third kappa shape index (κ3) is 8.36. The number of phenols is 1. The van der Waals surface area contributed by atoms with Crippen molar-refractivity contribution in [2.24, 2.45) is 0 Å². The van der Waals surface area contributed by atoms with Crippen LogP contribution in [0.5, 0.6) is 5.75 Å². The predicted molar refractivity (Wildman–Crippen MR) is 280 cm³/mol. The van der Waals surface area contributed by atoms with Crippen LogP contribution in [0.4, 0.5) is 0 Å². The van der Waals surface area contributed by atoms with E-state index in [-0.39, 0.29) is 29.1 Å². The Morgan fingerprint density at radius 3 is 1.84 bits per heavy atom. The summed E-state index contributed by atoms with van der Waals surface area (Å²) in [6, 6.07) is 66.0. The number of hydrogen-bond acceptors (Lipinski definition) is 3. The van der Waals surface area contributed by atoms with Gasteiger partial charge in [-0.05, 0) is 117 Å². The Morgan fingerprint density at radius 1 is 0.478 bits per heavy atom. The van der Waals surface area contributed by atoms with Gasteiger partial charge in [0.25, 0.3) is 0 Å². The van der Waals surface area contributed by atoms with Gasteiger partial charge in [-0.1, -0.05) is 186 Å². The molecule has 4 nitrogen and oxygen atoms in total. The molecule has 2 aromatic heterocycles. The van der Waals surface area contributed by atoms with Crippen molar-refractivity contribution >= 4 is 11.0 Å². The van der Waals surface area contributed by atoms with Crippen LogP contribution in [0.2, 0.25) is 0 Å². The minimum absolute atomic E-state index is 0.0728. The highest BCUT2D eigenvalue weighted by atomic mass is 16.3. The Kier molecular flexibility index (Phi) is 10.8. The van der Waals surface area contributed by atoms with Gasteiger partial charge in [-0.2, -0.15) is 0 Å². The van der Waals surface area contributed by atoms with Crippen LogP contribution in [-0.4, -0.2) is 19.6 Å². The Morgan fingerprint density at radius 2 is 1.10 bits per heavy atom. The van der Waals surface area contributed by atoms with Gasteiger partial charge in [0.05, 0.1) is 28.0 Å². The summed E-state index contributed by atoms with van der Waals surface area (Å²) in [5.41, 5.74) is 16.3. The lowest BCUT2D eigenvalue weighted by molar-refractivity contribution is 0.466. The minimum atomic E-state index is -2.42. The van der Waals surface area contributed by atoms with Gasteiger partial charge in [0.2, 0.25) is 0 Å². The average molecular weight is 873 g/mol. The molecule has 67 heavy (non-hydrogen) atoms. The Balaban J connectivity index is 1.19. The second-order valence-electron chi connectivity index (χ2n) is 18.2. The number of aromatic nitrogens is 3. The van der Waals surface area contributed by atoms with E-state index >= 15 is 0 Å². The average Bonchev–Trinajstić information content (AvgIpc) is 3.78. The first kappa shape index (κ1) is 39.5. The molecule has 10 aromatic rings. The molecule has 1 N–H and O–H groups in total. The fourth-order valence-electron chi connectivity index (χ4n) is 9.39. The standard InChI is InChI=1S/C63H55N3O/c1-40(2)49-37-55(41(3)4)62(67)56(38-49)63-65-61-54(29-19-31-60(61)66(63)59-30-17-16-28-53(59)46-24-14-9-15-25-46)51-34-50(45-22-12-8-13-23-45)35-52(36-51)58-32-42(5)57(39-64-58)48-27-18-26-47(33-48)43(6)44-20-10-7-11-21-44/h7-41,43,67H,1-6H3/i5D3. The summed E-state index contributed by atoms with van der Waals surface area (Å²) in [5.74, 6) is 1.25. The lowest BCUT2D eigenvalue weighted by Gasteiger charge is -2.19. The lowest BCUT2D eigenvalue weighted by Crippen LogP contribution is -2.03. The van der Waals surface area contributed by atoms with E-state index in [0.717, 1.165) is 77.9 Å². The number of fused-ring (bicyclic) bond motifs is 1. The highest BCUT2D eigenvalue weighted by Crippen LogP contribution is 2.44. The van der Waals surface area contributed by atoms with Crippen molar-refractivity contribution in [1.82, 2.24) is 14.5 Å². The van der Waals surface area contributed by atoms with Crippen LogP contribution in [0.25, 0.3) is 83.9 Å². The van der Waals surface area contributed by atoms with Gasteiger partial charge >= 0.3 is 0 Å². The van der Waals surface area contributed by atoms with Crippen LogP contribution >= 0.6 is 0 Å². The van der Waals surface area contributed by atoms with Gasteiger partial charge in [0, 0.05) is 38.5 Å². The molecular weight excluding hydrogens is 815 g/mol. The first-order chi connectivity index (χ1) is 33.8. The van der Waals surface area contributed by atoms with Gasteiger partial charge < -0.3 is 5.11 Å². The molecule has 0 amide bonds. The fourth-order valence-corrected chi connectivity index (χ4v) is 9.39. The van der Waals surface area contributed by atoms with Crippen molar-refractivity contribution in [2.45, 2.75) is 59.2 Å². The first-order valence-corrected chi connectivity index (χ1v) is 23.2. The number of hydrogen-bond donors (Lipinski definition) is 1. The third-order valence-electron chi connectivity index (χ3n) is 13.2. The Labute approximate surface area is 399 Å². The van der Waals surface area contributed by atoms with Gasteiger partial charge in [-0.3, -0.25) is 9.55 Å². The predicted octanol–water partition coefficient (Wildman–Crippen LogP) is 16.8. The summed E-state index contributed by atoms with van der Waals surface area (Å²) in [6.45, 7) is 8.33. The molecule has 2 heterocycles. The smallest absolute Gasteiger partial charge is 0.149 e. The normalized spacial score (nSPS) is 12.9. The summed E-state index contributed by atoms with van der Waals surface area (Å²) >= 11 is 0. The number of nitrogens with zero attached hydrogens (tertiary/aromatic N) is 3. The molecule has 0 spiro atoms. The monoisotopic (exact) mass is 872 g/mol. The molecule has 10 rings (SSSR count). The lowest BCUT2D eigenvalue weighted by atomic mass is 9.90. The molecule has 0 aliphatic heterocycles. The zero-order chi connectivity index (χ0) is 48.7. The molecule has 328 valence electrons. The summed E-state index contributed by atoms with van der Waals surface area (Å²) in [5, 5.41) is 12.3. The fraction of sp³-hybridized carbons (Fsp3) is 0.143. The molecule has 0 saturated carbocycles. The van der Waals surface area contributed by atoms with Crippen molar-refractivity contribution in [1.29, 1.82) is 0 Å². The number of phenolic OH excluding ortho intramolecular Hbond substituents is 1. The third-order valence-corrected chi connectivity index (χ3v) is 13.2. The molecule has 4 heteroatoms. The zero-order valence-corrected chi connectivity index (χ0v) is 38.6. The van der Waals surface area contributed by atoms with E-state index in [0.29, 0.717) is 22.6 Å². The number of rotatable bonds is 11. The molecule has 1 atom stereocenters. The van der Waals surface area contributed by atoms with Gasteiger partial charge in [0.15, 0.2) is 0 Å². The highest BCUT2D eigenvalue weighted by molar-refractivity contribution is 5.98. The molecule has 8 aromatic carbocycles. The number of imidazole rings is 1. The highest BCUT2D eigenvalue weighted by Gasteiger charge is 2.25. The molecule has 0 saturated heterocycles.